The van der Waals surface area contributed by atoms with Crippen LogP contribution in [-0.4, -0.2) is 16.7 Å². The van der Waals surface area contributed by atoms with E-state index in [1.54, 1.807) is 0 Å². The second-order valence-electron chi connectivity index (χ2n) is 6.30. The summed E-state index contributed by atoms with van der Waals surface area (Å²) in [6, 6.07) is 8.32. The van der Waals surface area contributed by atoms with E-state index in [4.69, 9.17) is 4.52 Å². The Hall–Kier alpha value is -1.68. The van der Waals surface area contributed by atoms with Crippen LogP contribution in [0.3, 0.4) is 0 Å². The van der Waals surface area contributed by atoms with Crippen LogP contribution in [0.25, 0.3) is 11.4 Å². The Morgan fingerprint density at radius 2 is 2.20 bits per heavy atom. The van der Waals surface area contributed by atoms with Crippen molar-refractivity contribution in [1.29, 1.82) is 0 Å². The van der Waals surface area contributed by atoms with E-state index in [2.05, 4.69) is 48.4 Å². The molecular weight excluding hydrogens is 250 g/mol. The molecule has 2 aromatic rings. The van der Waals surface area contributed by atoms with Crippen LogP contribution in [0.4, 0.5) is 0 Å². The van der Waals surface area contributed by atoms with Gasteiger partial charge in [0.2, 0.25) is 11.7 Å². The number of benzene rings is 1. The zero-order chi connectivity index (χ0) is 14.2. The zero-order valence-corrected chi connectivity index (χ0v) is 12.3. The van der Waals surface area contributed by atoms with Crippen molar-refractivity contribution in [3.63, 3.8) is 0 Å². The number of hydrogen-bond acceptors (Lipinski definition) is 4. The Balaban J connectivity index is 1.90. The molecule has 1 fully saturated rings. The van der Waals surface area contributed by atoms with Gasteiger partial charge in [0.1, 0.15) is 0 Å². The number of piperidine rings is 1. The first-order valence-electron chi connectivity index (χ1n) is 7.20. The van der Waals surface area contributed by atoms with Crippen LogP contribution in [-0.2, 0) is 0 Å². The minimum absolute atomic E-state index is 0.141. The minimum atomic E-state index is 0.141. The summed E-state index contributed by atoms with van der Waals surface area (Å²) in [6.07, 6.45) is 2.37. The molecule has 4 heteroatoms. The highest BCUT2D eigenvalue weighted by atomic mass is 16.5. The second kappa shape index (κ2) is 5.02. The average Bonchev–Trinajstić information content (AvgIpc) is 2.87. The maximum Gasteiger partial charge on any atom is 0.244 e. The van der Waals surface area contributed by atoms with Crippen molar-refractivity contribution in [3.8, 4) is 11.4 Å². The summed E-state index contributed by atoms with van der Waals surface area (Å²) < 4.78 is 5.51. The molecular formula is C16H21N3O. The standard InChI is InChI=1S/C16H21N3O/c1-11-6-4-7-12(10-11)14-18-15(20-19-14)13-16(2,3)8-5-9-17-13/h4,6-7,10,13,17H,5,8-9H2,1-3H3. The molecule has 0 bridgehead atoms. The number of nitrogens with zero attached hydrogens (tertiary/aromatic N) is 2. The maximum absolute atomic E-state index is 5.51. The molecule has 1 aliphatic heterocycles. The first-order chi connectivity index (χ1) is 9.56. The van der Waals surface area contributed by atoms with Crippen molar-refractivity contribution in [2.45, 2.75) is 39.7 Å². The topological polar surface area (TPSA) is 51.0 Å². The van der Waals surface area contributed by atoms with E-state index in [0.717, 1.165) is 12.1 Å². The molecule has 1 aliphatic rings. The average molecular weight is 271 g/mol. The fourth-order valence-corrected chi connectivity index (χ4v) is 2.89. The summed E-state index contributed by atoms with van der Waals surface area (Å²) in [7, 11) is 0. The van der Waals surface area contributed by atoms with Gasteiger partial charge in [-0.1, -0.05) is 42.8 Å². The van der Waals surface area contributed by atoms with Crippen LogP contribution in [0.1, 0.15) is 44.2 Å². The molecule has 0 radical (unpaired) electrons. The molecule has 1 unspecified atom stereocenters. The van der Waals surface area contributed by atoms with Crippen molar-refractivity contribution in [2.24, 2.45) is 5.41 Å². The largest absolute Gasteiger partial charge is 0.337 e. The van der Waals surface area contributed by atoms with E-state index in [9.17, 15) is 0 Å². The summed E-state index contributed by atoms with van der Waals surface area (Å²) in [4.78, 5) is 4.60. The van der Waals surface area contributed by atoms with Crippen molar-refractivity contribution in [3.05, 3.63) is 35.7 Å². The molecule has 106 valence electrons. The highest BCUT2D eigenvalue weighted by molar-refractivity contribution is 5.55. The molecule has 4 nitrogen and oxygen atoms in total. The number of hydrogen-bond donors (Lipinski definition) is 1. The zero-order valence-electron chi connectivity index (χ0n) is 12.3. The Labute approximate surface area is 119 Å². The summed E-state index contributed by atoms with van der Waals surface area (Å²) in [5, 5.41) is 7.65. The van der Waals surface area contributed by atoms with E-state index in [1.165, 1.54) is 18.4 Å². The molecule has 1 N–H and O–H groups in total. The Bertz CT molecular complexity index is 603. The molecule has 0 saturated carbocycles. The van der Waals surface area contributed by atoms with Crippen LogP contribution in [0.2, 0.25) is 0 Å². The van der Waals surface area contributed by atoms with Gasteiger partial charge in [-0.05, 0) is 37.8 Å². The maximum atomic E-state index is 5.51. The molecule has 0 amide bonds. The van der Waals surface area contributed by atoms with Crippen LogP contribution < -0.4 is 5.32 Å². The predicted molar refractivity (Wildman–Crippen MR) is 78.2 cm³/mol. The van der Waals surface area contributed by atoms with Gasteiger partial charge >= 0.3 is 0 Å². The minimum Gasteiger partial charge on any atom is -0.337 e. The number of rotatable bonds is 2. The summed E-state index contributed by atoms with van der Waals surface area (Å²) in [5.41, 5.74) is 2.35. The molecule has 20 heavy (non-hydrogen) atoms. The normalized spacial score (nSPS) is 21.9. The lowest BCUT2D eigenvalue weighted by molar-refractivity contribution is 0.146. The van der Waals surface area contributed by atoms with Gasteiger partial charge in [-0.3, -0.25) is 0 Å². The van der Waals surface area contributed by atoms with Gasteiger partial charge in [-0.2, -0.15) is 4.98 Å². The highest BCUT2D eigenvalue weighted by Crippen LogP contribution is 2.39. The lowest BCUT2D eigenvalue weighted by Gasteiger charge is -2.36. The number of aromatic nitrogens is 2. The van der Waals surface area contributed by atoms with E-state index >= 15 is 0 Å². The third-order valence-electron chi connectivity index (χ3n) is 4.09. The van der Waals surface area contributed by atoms with Crippen molar-refractivity contribution in [1.82, 2.24) is 15.5 Å². The van der Waals surface area contributed by atoms with Gasteiger partial charge in [0.05, 0.1) is 6.04 Å². The monoisotopic (exact) mass is 271 g/mol. The first-order valence-corrected chi connectivity index (χ1v) is 7.20. The Morgan fingerprint density at radius 3 is 2.95 bits per heavy atom. The van der Waals surface area contributed by atoms with Gasteiger partial charge in [0.25, 0.3) is 0 Å². The SMILES string of the molecule is Cc1cccc(-c2noc(C3NCCCC3(C)C)n2)c1. The van der Waals surface area contributed by atoms with Crippen LogP contribution >= 0.6 is 0 Å². The third kappa shape index (κ3) is 2.48. The molecule has 1 atom stereocenters. The van der Waals surface area contributed by atoms with Crippen molar-refractivity contribution >= 4 is 0 Å². The smallest absolute Gasteiger partial charge is 0.244 e. The van der Waals surface area contributed by atoms with Gasteiger partial charge in [-0.15, -0.1) is 0 Å². The van der Waals surface area contributed by atoms with E-state index in [0.29, 0.717) is 11.7 Å². The highest BCUT2D eigenvalue weighted by Gasteiger charge is 2.37. The van der Waals surface area contributed by atoms with Crippen molar-refractivity contribution < 1.29 is 4.52 Å². The van der Waals surface area contributed by atoms with E-state index in [1.807, 2.05) is 12.1 Å². The summed E-state index contributed by atoms with van der Waals surface area (Å²) in [6.45, 7) is 7.58. The Kier molecular flexibility index (Phi) is 3.34. The third-order valence-corrected chi connectivity index (χ3v) is 4.09. The van der Waals surface area contributed by atoms with Crippen LogP contribution in [0.15, 0.2) is 28.8 Å². The van der Waals surface area contributed by atoms with Crippen LogP contribution in [0.5, 0.6) is 0 Å². The quantitative estimate of drug-likeness (QED) is 0.908. The summed E-state index contributed by atoms with van der Waals surface area (Å²) in [5.74, 6) is 1.37. The van der Waals surface area contributed by atoms with Gasteiger partial charge in [0.15, 0.2) is 0 Å². The van der Waals surface area contributed by atoms with E-state index < -0.39 is 0 Å². The molecule has 1 saturated heterocycles. The predicted octanol–water partition coefficient (Wildman–Crippen LogP) is 3.50. The Morgan fingerprint density at radius 1 is 1.35 bits per heavy atom. The molecule has 2 heterocycles. The molecule has 0 aliphatic carbocycles. The lowest BCUT2D eigenvalue weighted by Crippen LogP contribution is -2.39. The fourth-order valence-electron chi connectivity index (χ4n) is 2.89. The summed E-state index contributed by atoms with van der Waals surface area (Å²) >= 11 is 0. The fraction of sp³-hybridized carbons (Fsp3) is 0.500. The number of nitrogens with one attached hydrogen (secondary N) is 1. The number of aryl methyl sites for hydroxylation is 1. The van der Waals surface area contributed by atoms with Gasteiger partial charge in [0, 0.05) is 5.56 Å². The second-order valence-corrected chi connectivity index (χ2v) is 6.30. The van der Waals surface area contributed by atoms with Gasteiger partial charge in [-0.25, -0.2) is 0 Å². The van der Waals surface area contributed by atoms with Crippen molar-refractivity contribution in [2.75, 3.05) is 6.54 Å². The van der Waals surface area contributed by atoms with Gasteiger partial charge < -0.3 is 9.84 Å². The molecule has 1 aromatic heterocycles. The molecule has 3 rings (SSSR count). The molecule has 1 aromatic carbocycles. The van der Waals surface area contributed by atoms with E-state index in [-0.39, 0.29) is 11.5 Å². The lowest BCUT2D eigenvalue weighted by atomic mass is 9.77. The van der Waals surface area contributed by atoms with Crippen LogP contribution in [0, 0.1) is 12.3 Å². The molecule has 0 spiro atoms. The first kappa shape index (κ1) is 13.3.